The van der Waals surface area contributed by atoms with Gasteiger partial charge in [-0.15, -0.1) is 0 Å². The standard InChI is InChI=1S/C20H27N7O3/c1-30-15-18(28)24-16-3-5-17(6-4-16)25-20(29)23-9-10-26-11-13-27(14-12-26)19-21-7-2-8-22-19/h2-8H,9-15H2,1H3,(H,24,28)(H2,23,25,29). The predicted octanol–water partition coefficient (Wildman–Crippen LogP) is 1.01. The molecule has 1 saturated heterocycles. The molecular weight excluding hydrogens is 386 g/mol. The van der Waals surface area contributed by atoms with Gasteiger partial charge in [0.1, 0.15) is 6.61 Å². The summed E-state index contributed by atoms with van der Waals surface area (Å²) in [7, 11) is 1.46. The van der Waals surface area contributed by atoms with Crippen molar-refractivity contribution in [2.75, 3.05) is 68.5 Å². The minimum Gasteiger partial charge on any atom is -0.375 e. The molecule has 30 heavy (non-hydrogen) atoms. The molecule has 0 spiro atoms. The summed E-state index contributed by atoms with van der Waals surface area (Å²) in [5, 5.41) is 8.35. The van der Waals surface area contributed by atoms with Crippen molar-refractivity contribution in [1.82, 2.24) is 20.2 Å². The molecule has 1 aromatic carbocycles. The third kappa shape index (κ3) is 6.68. The lowest BCUT2D eigenvalue weighted by Crippen LogP contribution is -2.49. The molecule has 0 bridgehead atoms. The van der Waals surface area contributed by atoms with Crippen LogP contribution in [0.4, 0.5) is 22.1 Å². The molecule has 160 valence electrons. The Balaban J connectivity index is 1.33. The van der Waals surface area contributed by atoms with Gasteiger partial charge in [-0.25, -0.2) is 14.8 Å². The number of hydrogen-bond acceptors (Lipinski definition) is 7. The van der Waals surface area contributed by atoms with E-state index < -0.39 is 0 Å². The largest absolute Gasteiger partial charge is 0.375 e. The molecule has 1 aromatic heterocycles. The third-order valence-electron chi connectivity index (χ3n) is 4.62. The fourth-order valence-electron chi connectivity index (χ4n) is 3.09. The van der Waals surface area contributed by atoms with Crippen molar-refractivity contribution in [2.24, 2.45) is 0 Å². The summed E-state index contributed by atoms with van der Waals surface area (Å²) in [5.74, 6) is 0.534. The van der Waals surface area contributed by atoms with Crippen LogP contribution in [0.1, 0.15) is 0 Å². The first kappa shape index (κ1) is 21.5. The minimum atomic E-state index is -0.262. The van der Waals surface area contributed by atoms with Crippen LogP contribution in [0, 0.1) is 0 Å². The number of carbonyl (C=O) groups excluding carboxylic acids is 2. The maximum atomic E-state index is 12.1. The predicted molar refractivity (Wildman–Crippen MR) is 115 cm³/mol. The number of nitrogens with zero attached hydrogens (tertiary/aromatic N) is 4. The second-order valence-electron chi connectivity index (χ2n) is 6.82. The highest BCUT2D eigenvalue weighted by Crippen LogP contribution is 2.13. The van der Waals surface area contributed by atoms with Crippen LogP contribution in [0.2, 0.25) is 0 Å². The van der Waals surface area contributed by atoms with Crippen molar-refractivity contribution in [3.05, 3.63) is 42.7 Å². The number of piperazine rings is 1. The SMILES string of the molecule is COCC(=O)Nc1ccc(NC(=O)NCCN2CCN(c3ncccn3)CC2)cc1. The molecule has 10 nitrogen and oxygen atoms in total. The fraction of sp³-hybridized carbons (Fsp3) is 0.400. The molecule has 0 aliphatic carbocycles. The van der Waals surface area contributed by atoms with E-state index >= 15 is 0 Å². The molecule has 1 fully saturated rings. The van der Waals surface area contributed by atoms with Gasteiger partial charge in [0.25, 0.3) is 0 Å². The highest BCUT2D eigenvalue weighted by Gasteiger charge is 2.18. The zero-order valence-corrected chi connectivity index (χ0v) is 17.0. The van der Waals surface area contributed by atoms with Gasteiger partial charge in [-0.1, -0.05) is 0 Å². The number of ether oxygens (including phenoxy) is 1. The van der Waals surface area contributed by atoms with Crippen molar-refractivity contribution in [3.63, 3.8) is 0 Å². The van der Waals surface area contributed by atoms with E-state index in [4.69, 9.17) is 4.74 Å². The number of amides is 3. The zero-order chi connectivity index (χ0) is 21.2. The van der Waals surface area contributed by atoms with E-state index in [-0.39, 0.29) is 18.5 Å². The van der Waals surface area contributed by atoms with Gasteiger partial charge in [0.05, 0.1) is 0 Å². The number of aromatic nitrogens is 2. The molecule has 3 rings (SSSR count). The Labute approximate surface area is 175 Å². The number of methoxy groups -OCH3 is 1. The van der Waals surface area contributed by atoms with Crippen molar-refractivity contribution < 1.29 is 14.3 Å². The molecule has 0 atom stereocenters. The number of carbonyl (C=O) groups is 2. The van der Waals surface area contributed by atoms with Gasteiger partial charge < -0.3 is 25.6 Å². The Morgan fingerprint density at radius 1 is 1.00 bits per heavy atom. The Morgan fingerprint density at radius 3 is 2.27 bits per heavy atom. The molecule has 0 unspecified atom stereocenters. The van der Waals surface area contributed by atoms with Gasteiger partial charge in [0, 0.05) is 70.1 Å². The normalized spacial score (nSPS) is 14.2. The quantitative estimate of drug-likeness (QED) is 0.592. The van der Waals surface area contributed by atoms with Crippen LogP contribution in [0.3, 0.4) is 0 Å². The van der Waals surface area contributed by atoms with Crippen molar-refractivity contribution in [2.45, 2.75) is 0 Å². The van der Waals surface area contributed by atoms with Gasteiger partial charge in [-0.2, -0.15) is 0 Å². The Morgan fingerprint density at radius 2 is 1.63 bits per heavy atom. The maximum absolute atomic E-state index is 12.1. The molecule has 2 aromatic rings. The molecule has 0 saturated carbocycles. The Kier molecular flexibility index (Phi) is 7.93. The lowest BCUT2D eigenvalue weighted by Gasteiger charge is -2.34. The topological polar surface area (TPSA) is 112 Å². The van der Waals surface area contributed by atoms with Crippen molar-refractivity contribution in [1.29, 1.82) is 0 Å². The lowest BCUT2D eigenvalue weighted by atomic mass is 10.3. The summed E-state index contributed by atoms with van der Waals surface area (Å²) < 4.78 is 4.77. The fourth-order valence-corrected chi connectivity index (χ4v) is 3.09. The zero-order valence-electron chi connectivity index (χ0n) is 17.0. The van der Waals surface area contributed by atoms with Crippen LogP contribution >= 0.6 is 0 Å². The average Bonchev–Trinajstić information content (AvgIpc) is 2.76. The van der Waals surface area contributed by atoms with E-state index in [9.17, 15) is 9.59 Å². The number of anilines is 3. The van der Waals surface area contributed by atoms with E-state index in [1.54, 1.807) is 36.7 Å². The number of rotatable bonds is 8. The second-order valence-corrected chi connectivity index (χ2v) is 6.82. The minimum absolute atomic E-state index is 0.00249. The molecule has 1 aliphatic rings. The Hall–Kier alpha value is -3.24. The van der Waals surface area contributed by atoms with E-state index in [2.05, 4.69) is 35.7 Å². The second kappa shape index (κ2) is 11.1. The van der Waals surface area contributed by atoms with Crippen LogP contribution in [0.15, 0.2) is 42.7 Å². The van der Waals surface area contributed by atoms with Gasteiger partial charge >= 0.3 is 6.03 Å². The monoisotopic (exact) mass is 413 g/mol. The number of nitrogens with one attached hydrogen (secondary N) is 3. The van der Waals surface area contributed by atoms with Crippen LogP contribution in [-0.2, 0) is 9.53 Å². The Bertz CT molecular complexity index is 809. The molecule has 0 radical (unpaired) electrons. The summed E-state index contributed by atoms with van der Waals surface area (Å²) in [4.78, 5) is 36.6. The lowest BCUT2D eigenvalue weighted by molar-refractivity contribution is -0.119. The average molecular weight is 413 g/mol. The van der Waals surface area contributed by atoms with Gasteiger partial charge in [-0.05, 0) is 30.3 Å². The van der Waals surface area contributed by atoms with E-state index in [1.807, 2.05) is 6.07 Å². The van der Waals surface area contributed by atoms with Gasteiger partial charge in [0.15, 0.2) is 0 Å². The molecule has 1 aliphatic heterocycles. The summed E-state index contributed by atoms with van der Waals surface area (Å²) >= 11 is 0. The summed E-state index contributed by atoms with van der Waals surface area (Å²) in [6, 6.07) is 8.45. The number of benzene rings is 1. The first-order valence-corrected chi connectivity index (χ1v) is 9.82. The summed E-state index contributed by atoms with van der Waals surface area (Å²) in [5.41, 5.74) is 1.29. The van der Waals surface area contributed by atoms with Crippen LogP contribution in [0.5, 0.6) is 0 Å². The van der Waals surface area contributed by atoms with Crippen molar-refractivity contribution in [3.8, 4) is 0 Å². The highest BCUT2D eigenvalue weighted by atomic mass is 16.5. The van der Waals surface area contributed by atoms with Gasteiger partial charge in [0.2, 0.25) is 11.9 Å². The first-order chi connectivity index (χ1) is 14.6. The van der Waals surface area contributed by atoms with Crippen molar-refractivity contribution >= 4 is 29.3 Å². The van der Waals surface area contributed by atoms with E-state index in [0.717, 1.165) is 38.7 Å². The van der Waals surface area contributed by atoms with Gasteiger partial charge in [-0.3, -0.25) is 9.69 Å². The van der Waals surface area contributed by atoms with E-state index in [0.29, 0.717) is 17.9 Å². The molecule has 10 heteroatoms. The van der Waals surface area contributed by atoms with Crippen LogP contribution < -0.4 is 20.9 Å². The summed E-state index contributed by atoms with van der Waals surface area (Å²) in [6.45, 7) is 4.86. The molecular formula is C20H27N7O3. The summed E-state index contributed by atoms with van der Waals surface area (Å²) in [6.07, 6.45) is 3.50. The third-order valence-corrected chi connectivity index (χ3v) is 4.62. The molecule has 3 amide bonds. The maximum Gasteiger partial charge on any atom is 0.319 e. The van der Waals surface area contributed by atoms with Crippen LogP contribution in [0.25, 0.3) is 0 Å². The van der Waals surface area contributed by atoms with E-state index in [1.165, 1.54) is 7.11 Å². The number of urea groups is 1. The highest BCUT2D eigenvalue weighted by molar-refractivity contribution is 5.93. The smallest absolute Gasteiger partial charge is 0.319 e. The van der Waals surface area contributed by atoms with Crippen LogP contribution in [-0.4, -0.2) is 79.8 Å². The first-order valence-electron chi connectivity index (χ1n) is 9.82. The molecule has 3 N–H and O–H groups in total. The molecule has 2 heterocycles. The number of hydrogen-bond donors (Lipinski definition) is 3.